The van der Waals surface area contributed by atoms with E-state index in [9.17, 15) is 9.18 Å². The molecule has 0 atom stereocenters. The Morgan fingerprint density at radius 1 is 1.02 bits per heavy atom. The predicted molar refractivity (Wildman–Crippen MR) is 174 cm³/mol. The number of thioether (sulfide) groups is 1. The first-order valence-electron chi connectivity index (χ1n) is 13.9. The summed E-state index contributed by atoms with van der Waals surface area (Å²) >= 11 is 3.56. The molecule has 2 saturated heterocycles. The summed E-state index contributed by atoms with van der Waals surface area (Å²) in [4.78, 5) is 22.9. The van der Waals surface area contributed by atoms with Gasteiger partial charge in [-0.1, -0.05) is 18.2 Å². The molecule has 5 rings (SSSR count). The number of hydrogen-bond donors (Lipinski definition) is 0. The number of likely N-dealkylation sites (N-methyl/N-ethyl adjacent to an activating group) is 1. The molecule has 3 aromatic carbocycles. The van der Waals surface area contributed by atoms with Gasteiger partial charge < -0.3 is 14.4 Å². The Hall–Kier alpha value is -3.05. The van der Waals surface area contributed by atoms with E-state index in [1.54, 1.807) is 23.1 Å². The molecule has 0 bridgehead atoms. The van der Waals surface area contributed by atoms with Crippen molar-refractivity contribution in [3.63, 3.8) is 0 Å². The molecule has 3 aromatic rings. The summed E-state index contributed by atoms with van der Waals surface area (Å²) in [5, 5.41) is 0.666. The van der Waals surface area contributed by atoms with Crippen LogP contribution in [0.3, 0.4) is 0 Å². The molecule has 0 saturated carbocycles. The van der Waals surface area contributed by atoms with E-state index >= 15 is 0 Å². The van der Waals surface area contributed by atoms with E-state index in [4.69, 9.17) is 14.5 Å². The molecule has 9 heteroatoms. The lowest BCUT2D eigenvalue weighted by molar-refractivity contribution is -0.122. The third-order valence-electron chi connectivity index (χ3n) is 6.96. The van der Waals surface area contributed by atoms with Crippen LogP contribution in [0.15, 0.2) is 70.6 Å². The molecule has 0 aliphatic carbocycles. The number of ether oxygens (including phenoxy) is 2. The van der Waals surface area contributed by atoms with Crippen molar-refractivity contribution in [1.29, 1.82) is 0 Å². The molecule has 2 fully saturated rings. The molecule has 2 aliphatic heterocycles. The van der Waals surface area contributed by atoms with Crippen molar-refractivity contribution in [3.8, 4) is 11.5 Å². The average Bonchev–Trinajstić information content (AvgIpc) is 3.27. The number of amides is 1. The maximum absolute atomic E-state index is 14.1. The second-order valence-electron chi connectivity index (χ2n) is 9.76. The molecule has 0 unspecified atom stereocenters. The second-order valence-corrected chi connectivity index (χ2v) is 11.9. The average molecular weight is 686 g/mol. The van der Waals surface area contributed by atoms with Gasteiger partial charge in [0.15, 0.2) is 16.7 Å². The first-order valence-corrected chi connectivity index (χ1v) is 15.8. The largest absolute Gasteiger partial charge is 0.490 e. The number of aliphatic imine (C=N–C) groups is 1. The van der Waals surface area contributed by atoms with Gasteiger partial charge in [0.25, 0.3) is 5.91 Å². The van der Waals surface area contributed by atoms with Gasteiger partial charge in [-0.25, -0.2) is 9.38 Å². The zero-order valence-corrected chi connectivity index (χ0v) is 26.2. The van der Waals surface area contributed by atoms with E-state index < -0.39 is 0 Å². The molecule has 2 aliphatic rings. The molecule has 2 heterocycles. The molecule has 0 spiro atoms. The van der Waals surface area contributed by atoms with Crippen molar-refractivity contribution in [2.24, 2.45) is 4.99 Å². The highest BCUT2D eigenvalue weighted by Crippen LogP contribution is 2.38. The maximum Gasteiger partial charge on any atom is 0.266 e. The van der Waals surface area contributed by atoms with Gasteiger partial charge in [-0.05, 0) is 122 Å². The number of rotatable bonds is 9. The van der Waals surface area contributed by atoms with Crippen LogP contribution in [-0.2, 0) is 11.4 Å². The molecule has 0 N–H and O–H groups in total. The van der Waals surface area contributed by atoms with Crippen LogP contribution < -0.4 is 14.4 Å². The van der Waals surface area contributed by atoms with Gasteiger partial charge in [-0.3, -0.25) is 9.69 Å². The van der Waals surface area contributed by atoms with E-state index in [1.807, 2.05) is 44.2 Å². The fourth-order valence-electron chi connectivity index (χ4n) is 4.86. The van der Waals surface area contributed by atoms with Crippen LogP contribution in [0.1, 0.15) is 44.2 Å². The smallest absolute Gasteiger partial charge is 0.266 e. The number of nitrogens with zero attached hydrogens (tertiary/aromatic N) is 3. The van der Waals surface area contributed by atoms with E-state index in [-0.39, 0.29) is 18.3 Å². The summed E-state index contributed by atoms with van der Waals surface area (Å²) in [6.45, 7) is 7.10. The molecular formula is C32H33FIN3O3S. The minimum Gasteiger partial charge on any atom is -0.490 e. The van der Waals surface area contributed by atoms with Crippen molar-refractivity contribution in [2.75, 3.05) is 31.1 Å². The predicted octanol–water partition coefficient (Wildman–Crippen LogP) is 8.02. The topological polar surface area (TPSA) is 54.4 Å². The Bertz CT molecular complexity index is 1460. The van der Waals surface area contributed by atoms with Crippen LogP contribution in [0, 0.1) is 9.39 Å². The van der Waals surface area contributed by atoms with Crippen LogP contribution >= 0.6 is 34.4 Å². The van der Waals surface area contributed by atoms with E-state index in [1.165, 1.54) is 42.8 Å². The van der Waals surface area contributed by atoms with Gasteiger partial charge in [0.2, 0.25) is 0 Å². The Kier molecular flexibility index (Phi) is 9.87. The van der Waals surface area contributed by atoms with Crippen molar-refractivity contribution in [3.05, 3.63) is 86.1 Å². The van der Waals surface area contributed by atoms with E-state index in [0.29, 0.717) is 40.3 Å². The zero-order chi connectivity index (χ0) is 28.8. The summed E-state index contributed by atoms with van der Waals surface area (Å²) in [5.41, 5.74) is 3.33. The van der Waals surface area contributed by atoms with Gasteiger partial charge in [0.05, 0.1) is 20.8 Å². The Morgan fingerprint density at radius 2 is 1.78 bits per heavy atom. The van der Waals surface area contributed by atoms with Gasteiger partial charge in [-0.2, -0.15) is 0 Å². The third-order valence-corrected chi connectivity index (χ3v) is 8.77. The summed E-state index contributed by atoms with van der Waals surface area (Å²) in [6.07, 6.45) is 5.63. The quantitative estimate of drug-likeness (QED) is 0.169. The number of carbonyl (C=O) groups is 1. The monoisotopic (exact) mass is 685 g/mol. The van der Waals surface area contributed by atoms with Gasteiger partial charge in [0, 0.05) is 30.9 Å². The second kappa shape index (κ2) is 13.7. The Labute approximate surface area is 258 Å². The SMILES string of the molecule is CCOc1cc(/C=C2\SC(=Nc3ccc(N4CCCCC4)cc3)N(CC)C2=O)cc(I)c1OCc1ccccc1F. The van der Waals surface area contributed by atoms with Crippen molar-refractivity contribution >= 4 is 62.9 Å². The standard InChI is InChI=1S/C32H33FIN3O3S/c1-3-37-31(38)29(41-32(37)35-24-12-14-25(15-13-24)36-16-8-5-9-17-36)20-22-18-27(34)30(28(19-22)39-4-2)40-21-23-10-6-7-11-26(23)33/h6-7,10-15,18-20H,3-5,8-9,16-17,21H2,1-2H3/b29-20-,35-32?. The molecule has 41 heavy (non-hydrogen) atoms. The summed E-state index contributed by atoms with van der Waals surface area (Å²) in [6, 6.07) is 18.6. The molecule has 6 nitrogen and oxygen atoms in total. The Morgan fingerprint density at radius 3 is 2.49 bits per heavy atom. The van der Waals surface area contributed by atoms with Crippen LogP contribution in [0.2, 0.25) is 0 Å². The van der Waals surface area contributed by atoms with Crippen molar-refractivity contribution in [2.45, 2.75) is 39.7 Å². The van der Waals surface area contributed by atoms with Crippen LogP contribution in [0.4, 0.5) is 15.8 Å². The Balaban J connectivity index is 1.36. The lowest BCUT2D eigenvalue weighted by Crippen LogP contribution is -2.29. The van der Waals surface area contributed by atoms with Gasteiger partial charge >= 0.3 is 0 Å². The molecule has 214 valence electrons. The lowest BCUT2D eigenvalue weighted by Gasteiger charge is -2.28. The number of benzene rings is 3. The van der Waals surface area contributed by atoms with Crippen molar-refractivity contribution in [1.82, 2.24) is 4.90 Å². The molecule has 1 amide bonds. The fourth-order valence-corrected chi connectivity index (χ4v) is 6.71. The highest BCUT2D eigenvalue weighted by molar-refractivity contribution is 14.1. The lowest BCUT2D eigenvalue weighted by atomic mass is 10.1. The normalized spacial score (nSPS) is 17.5. The number of anilines is 1. The minimum absolute atomic E-state index is 0.0750. The zero-order valence-electron chi connectivity index (χ0n) is 23.2. The maximum atomic E-state index is 14.1. The highest BCUT2D eigenvalue weighted by atomic mass is 127. The number of hydrogen-bond acceptors (Lipinski definition) is 6. The summed E-state index contributed by atoms with van der Waals surface area (Å²) in [7, 11) is 0. The van der Waals surface area contributed by atoms with Crippen molar-refractivity contribution < 1.29 is 18.7 Å². The first-order chi connectivity index (χ1) is 20.0. The van der Waals surface area contributed by atoms with Crippen LogP contribution in [-0.4, -0.2) is 42.2 Å². The third kappa shape index (κ3) is 7.06. The first kappa shape index (κ1) is 29.4. The van der Waals surface area contributed by atoms with E-state index in [0.717, 1.165) is 27.9 Å². The highest BCUT2D eigenvalue weighted by Gasteiger charge is 2.32. The number of halogens is 2. The number of amidine groups is 1. The number of piperidine rings is 1. The molecule has 0 aromatic heterocycles. The fraction of sp³-hybridized carbons (Fsp3) is 0.312. The van der Waals surface area contributed by atoms with Crippen LogP contribution in [0.25, 0.3) is 6.08 Å². The van der Waals surface area contributed by atoms with Gasteiger partial charge in [-0.15, -0.1) is 0 Å². The minimum atomic E-state index is -0.311. The summed E-state index contributed by atoms with van der Waals surface area (Å²) < 4.78 is 26.8. The molecule has 0 radical (unpaired) electrons. The molecular weight excluding hydrogens is 652 g/mol. The van der Waals surface area contributed by atoms with E-state index in [2.05, 4.69) is 39.6 Å². The van der Waals surface area contributed by atoms with Gasteiger partial charge in [0.1, 0.15) is 12.4 Å². The number of carbonyl (C=O) groups excluding carboxylic acids is 1. The summed E-state index contributed by atoms with van der Waals surface area (Å²) in [5.74, 6) is 0.713. The van der Waals surface area contributed by atoms with Crippen LogP contribution in [0.5, 0.6) is 11.5 Å².